The van der Waals surface area contributed by atoms with E-state index in [4.69, 9.17) is 4.74 Å². The average Bonchev–Trinajstić information content (AvgIpc) is 3.10. The Balaban J connectivity index is 1.99. The normalized spacial score (nSPS) is 15.0. The van der Waals surface area contributed by atoms with Crippen LogP contribution in [0.3, 0.4) is 0 Å². The summed E-state index contributed by atoms with van der Waals surface area (Å²) in [7, 11) is -4.68. The number of halogens is 5. The number of fused-ring (bicyclic) bond motifs is 6. The number of nitrogens with zero attached hydrogens (tertiary/aromatic N) is 2. The van der Waals surface area contributed by atoms with Crippen molar-refractivity contribution in [2.45, 2.75) is 24.5 Å². The summed E-state index contributed by atoms with van der Waals surface area (Å²) in [6.45, 7) is -1.54. The number of phenols is 1. The molecule has 2 heterocycles. The van der Waals surface area contributed by atoms with Crippen molar-refractivity contribution >= 4 is 37.6 Å². The summed E-state index contributed by atoms with van der Waals surface area (Å²) >= 11 is 2.93. The van der Waals surface area contributed by atoms with E-state index in [1.54, 1.807) is 0 Å². The predicted molar refractivity (Wildman–Crippen MR) is 109 cm³/mol. The number of carbonyl (C=O) groups is 1. The molecule has 1 aromatic heterocycles. The van der Waals surface area contributed by atoms with Crippen molar-refractivity contribution in [3.8, 4) is 16.9 Å². The molecule has 2 N–H and O–H groups in total. The number of sulfonamides is 1. The number of esters is 1. The topological polar surface area (TPSA) is 111 Å². The highest BCUT2D eigenvalue weighted by Crippen LogP contribution is 2.37. The third-order valence-corrected chi connectivity index (χ3v) is 6.73. The third kappa shape index (κ3) is 4.27. The van der Waals surface area contributed by atoms with Crippen LogP contribution in [-0.4, -0.2) is 35.7 Å². The summed E-state index contributed by atoms with van der Waals surface area (Å²) < 4.78 is 88.5. The van der Waals surface area contributed by atoms with E-state index in [0.717, 1.165) is 29.1 Å². The van der Waals surface area contributed by atoms with Gasteiger partial charge in [-0.2, -0.15) is 5.10 Å². The summed E-state index contributed by atoms with van der Waals surface area (Å²) in [4.78, 5) is 11.8. The highest BCUT2D eigenvalue weighted by atomic mass is 79.9. The molecule has 0 atom stereocenters. The molecule has 4 bridgehead atoms. The van der Waals surface area contributed by atoms with Gasteiger partial charge in [0.1, 0.15) is 35.4 Å². The van der Waals surface area contributed by atoms with E-state index in [1.165, 1.54) is 0 Å². The highest BCUT2D eigenvalue weighted by Gasteiger charge is 2.28. The lowest BCUT2D eigenvalue weighted by Crippen LogP contribution is -2.16. The number of ether oxygens (including phenoxy) is 1. The number of alkyl halides is 2. The summed E-state index contributed by atoms with van der Waals surface area (Å²) in [6, 6.07) is 3.08. The molecule has 0 fully saturated rings. The Bertz CT molecular complexity index is 1390. The van der Waals surface area contributed by atoms with E-state index in [9.17, 15) is 35.9 Å². The molecule has 174 valence electrons. The summed E-state index contributed by atoms with van der Waals surface area (Å²) in [5.74, 6) is -4.26. The zero-order chi connectivity index (χ0) is 24.1. The summed E-state index contributed by atoms with van der Waals surface area (Å²) in [5.41, 5.74) is -1.63. The van der Waals surface area contributed by atoms with Crippen LogP contribution in [0.2, 0.25) is 0 Å². The number of hydrogen-bond donors (Lipinski definition) is 2. The van der Waals surface area contributed by atoms with Crippen LogP contribution in [0.4, 0.5) is 23.2 Å². The van der Waals surface area contributed by atoms with Crippen molar-refractivity contribution in [2.24, 2.45) is 0 Å². The molecule has 0 spiro atoms. The fraction of sp³-hybridized carbons (Fsp3) is 0.158. The Kier molecular flexibility index (Phi) is 5.82. The number of nitrogens with one attached hydrogen (secondary N) is 1. The fourth-order valence-electron chi connectivity index (χ4n) is 3.22. The number of anilines is 1. The van der Waals surface area contributed by atoms with Crippen LogP contribution in [0.15, 0.2) is 39.8 Å². The van der Waals surface area contributed by atoms with Gasteiger partial charge in [-0.25, -0.2) is 30.8 Å². The molecule has 0 aliphatic carbocycles. The van der Waals surface area contributed by atoms with Crippen LogP contribution >= 0.6 is 15.9 Å². The minimum Gasteiger partial charge on any atom is -0.505 e. The van der Waals surface area contributed by atoms with Gasteiger partial charge in [-0.05, 0) is 34.1 Å². The number of hydrogen-bond acceptors (Lipinski definition) is 6. The predicted octanol–water partition coefficient (Wildman–Crippen LogP) is 4.03. The van der Waals surface area contributed by atoms with Crippen molar-refractivity contribution < 1.29 is 40.6 Å². The van der Waals surface area contributed by atoms with Crippen molar-refractivity contribution in [1.82, 2.24) is 9.78 Å². The van der Waals surface area contributed by atoms with Gasteiger partial charge in [0.25, 0.3) is 16.4 Å². The second-order valence-corrected chi connectivity index (χ2v) is 9.38. The summed E-state index contributed by atoms with van der Waals surface area (Å²) in [5, 5.41) is 14.0. The number of aromatic hydroxyl groups is 1. The van der Waals surface area contributed by atoms with E-state index in [-0.39, 0.29) is 26.9 Å². The third-order valence-electron chi connectivity index (χ3n) is 4.74. The van der Waals surface area contributed by atoms with Crippen molar-refractivity contribution in [3.63, 3.8) is 0 Å². The number of carbonyl (C=O) groups excluding carboxylic acids is 1. The van der Waals surface area contributed by atoms with E-state index < -0.39 is 63.5 Å². The molecule has 0 saturated heterocycles. The van der Waals surface area contributed by atoms with Gasteiger partial charge in [0, 0.05) is 17.2 Å². The van der Waals surface area contributed by atoms with E-state index in [0.29, 0.717) is 6.07 Å². The Hall–Kier alpha value is -3.13. The molecule has 1 aliphatic rings. The molecule has 2 aromatic carbocycles. The van der Waals surface area contributed by atoms with E-state index in [2.05, 4.69) is 21.0 Å². The lowest BCUT2D eigenvalue weighted by molar-refractivity contribution is 0.0456. The average molecular weight is 550 g/mol. The van der Waals surface area contributed by atoms with Gasteiger partial charge in [-0.1, -0.05) is 0 Å². The molecule has 1 aliphatic heterocycles. The number of benzene rings is 2. The Morgan fingerprint density at radius 1 is 1.18 bits per heavy atom. The molecular formula is C19H12BrF4N3O5S. The fourth-order valence-corrected chi connectivity index (χ4v) is 5.02. The molecule has 3 aromatic rings. The van der Waals surface area contributed by atoms with Crippen LogP contribution < -0.4 is 4.72 Å². The second kappa shape index (κ2) is 8.33. The second-order valence-electron chi connectivity index (χ2n) is 6.88. The Labute approximate surface area is 192 Å². The first-order valence-electron chi connectivity index (χ1n) is 9.02. The smallest absolute Gasteiger partial charge is 0.338 e. The highest BCUT2D eigenvalue weighted by molar-refractivity contribution is 9.10. The quantitative estimate of drug-likeness (QED) is 0.369. The number of cyclic esters (lactones) is 1. The monoisotopic (exact) mass is 549 g/mol. The standard InChI is InChI=1S/C19H12BrF4N3O5S/c20-11-1-8-2-16(18(11)28)33(30,31)26-14-3-9(12(21)4-13(14)22)10-5-25-27(6-17(23)24)15(10)7-32-19(8)29/h1-5,17,26,28H,6-7H2. The molecule has 0 saturated carbocycles. The van der Waals surface area contributed by atoms with Crippen molar-refractivity contribution in [2.75, 3.05) is 4.72 Å². The van der Waals surface area contributed by atoms with Crippen LogP contribution in [-0.2, 0) is 27.9 Å². The van der Waals surface area contributed by atoms with Crippen molar-refractivity contribution in [3.05, 3.63) is 57.8 Å². The molecule has 0 unspecified atom stereocenters. The number of rotatable bonds is 2. The first-order valence-corrected chi connectivity index (χ1v) is 11.3. The zero-order valence-corrected chi connectivity index (χ0v) is 18.6. The maximum absolute atomic E-state index is 14.6. The van der Waals surface area contributed by atoms with Gasteiger partial charge in [-0.15, -0.1) is 0 Å². The Morgan fingerprint density at radius 2 is 1.91 bits per heavy atom. The van der Waals surface area contributed by atoms with Crippen LogP contribution in [0.1, 0.15) is 16.1 Å². The molecule has 33 heavy (non-hydrogen) atoms. The van der Waals surface area contributed by atoms with Gasteiger partial charge >= 0.3 is 5.97 Å². The lowest BCUT2D eigenvalue weighted by Gasteiger charge is -2.13. The molecule has 4 rings (SSSR count). The van der Waals surface area contributed by atoms with Gasteiger partial charge in [0.05, 0.1) is 27.6 Å². The molecule has 14 heteroatoms. The summed E-state index contributed by atoms with van der Waals surface area (Å²) in [6.07, 6.45) is -1.83. The largest absolute Gasteiger partial charge is 0.505 e. The van der Waals surface area contributed by atoms with Gasteiger partial charge < -0.3 is 9.84 Å². The van der Waals surface area contributed by atoms with Crippen LogP contribution in [0, 0.1) is 11.6 Å². The van der Waals surface area contributed by atoms with E-state index in [1.807, 2.05) is 4.72 Å². The van der Waals surface area contributed by atoms with E-state index >= 15 is 0 Å². The number of phenolic OH excluding ortho intramolecular Hbond substituents is 1. The van der Waals surface area contributed by atoms with Gasteiger partial charge in [0.2, 0.25) is 0 Å². The van der Waals surface area contributed by atoms with Crippen LogP contribution in [0.25, 0.3) is 11.1 Å². The van der Waals surface area contributed by atoms with Gasteiger partial charge in [0.15, 0.2) is 0 Å². The first-order chi connectivity index (χ1) is 15.5. The molecule has 8 nitrogen and oxygen atoms in total. The zero-order valence-electron chi connectivity index (χ0n) is 16.2. The Morgan fingerprint density at radius 3 is 2.61 bits per heavy atom. The minimum absolute atomic E-state index is 0.114. The molecule has 0 amide bonds. The molecule has 0 radical (unpaired) electrons. The first kappa shape index (κ1) is 23.0. The van der Waals surface area contributed by atoms with Gasteiger partial charge in [-0.3, -0.25) is 9.40 Å². The maximum atomic E-state index is 14.6. The van der Waals surface area contributed by atoms with Crippen molar-refractivity contribution in [1.29, 1.82) is 0 Å². The number of aromatic nitrogens is 2. The van der Waals surface area contributed by atoms with Crippen LogP contribution in [0.5, 0.6) is 5.75 Å². The maximum Gasteiger partial charge on any atom is 0.338 e. The minimum atomic E-state index is -4.68. The SMILES string of the molecule is O=C1OCc2c(cnn2CC(F)F)-c2cc(c(F)cc2F)NS(=O)(=O)c2cc1cc(Br)c2O. The molecular weight excluding hydrogens is 538 g/mol. The lowest BCUT2D eigenvalue weighted by atomic mass is 10.0.